The van der Waals surface area contributed by atoms with Gasteiger partial charge in [-0.3, -0.25) is 14.5 Å². The highest BCUT2D eigenvalue weighted by Gasteiger charge is 2.26. The molecular formula is C17H25N3O2. The first-order chi connectivity index (χ1) is 10.5. The Hall–Kier alpha value is -1.88. The molecule has 22 heavy (non-hydrogen) atoms. The van der Waals surface area contributed by atoms with Crippen LogP contribution in [0.25, 0.3) is 0 Å². The molecule has 1 aromatic carbocycles. The van der Waals surface area contributed by atoms with E-state index in [-0.39, 0.29) is 17.9 Å². The van der Waals surface area contributed by atoms with Gasteiger partial charge >= 0.3 is 0 Å². The molecule has 2 rings (SSSR count). The number of nitrogens with one attached hydrogen (secondary N) is 1. The lowest BCUT2D eigenvalue weighted by molar-refractivity contribution is -0.132. The number of benzene rings is 1. The predicted molar refractivity (Wildman–Crippen MR) is 86.3 cm³/mol. The quantitative estimate of drug-likeness (QED) is 0.908. The average Bonchev–Trinajstić information content (AvgIpc) is 2.53. The summed E-state index contributed by atoms with van der Waals surface area (Å²) in [6, 6.07) is 8.00. The van der Waals surface area contributed by atoms with Gasteiger partial charge in [0, 0.05) is 39.6 Å². The van der Waals surface area contributed by atoms with Crippen molar-refractivity contribution in [2.45, 2.75) is 33.4 Å². The van der Waals surface area contributed by atoms with Gasteiger partial charge in [-0.25, -0.2) is 0 Å². The molecule has 0 radical (unpaired) electrons. The van der Waals surface area contributed by atoms with Crippen molar-refractivity contribution in [3.63, 3.8) is 0 Å². The molecule has 1 saturated heterocycles. The van der Waals surface area contributed by atoms with E-state index in [0.717, 1.165) is 18.7 Å². The number of rotatable bonds is 4. The first-order valence-corrected chi connectivity index (χ1v) is 7.80. The molecule has 1 aromatic rings. The molecule has 1 heterocycles. The molecule has 1 aliphatic heterocycles. The van der Waals surface area contributed by atoms with Crippen molar-refractivity contribution in [1.29, 1.82) is 0 Å². The maximum absolute atomic E-state index is 12.3. The molecule has 5 nitrogen and oxygen atoms in total. The minimum Gasteiger partial charge on any atom is -0.351 e. The SMILES string of the molecule is CC(=O)N1CCN([C@H](C)C(=O)NCc2ccc(C)cc2)CC1. The standard InChI is InChI=1S/C17H25N3O2/c1-13-4-6-16(7-5-13)12-18-17(22)14(2)19-8-10-20(11-9-19)15(3)21/h4-7,14H,8-12H2,1-3H3,(H,18,22)/t14-/m1/s1. The van der Waals surface area contributed by atoms with E-state index in [0.29, 0.717) is 19.6 Å². The number of piperazine rings is 1. The van der Waals surface area contributed by atoms with E-state index in [2.05, 4.69) is 10.2 Å². The van der Waals surface area contributed by atoms with E-state index in [4.69, 9.17) is 0 Å². The summed E-state index contributed by atoms with van der Waals surface area (Å²) in [5.74, 6) is 0.146. The third-order valence-corrected chi connectivity index (χ3v) is 4.27. The topological polar surface area (TPSA) is 52.7 Å². The summed E-state index contributed by atoms with van der Waals surface area (Å²) in [5.41, 5.74) is 2.32. The molecule has 1 aliphatic rings. The van der Waals surface area contributed by atoms with Gasteiger partial charge in [0.2, 0.25) is 11.8 Å². The smallest absolute Gasteiger partial charge is 0.237 e. The summed E-state index contributed by atoms with van der Waals surface area (Å²) in [7, 11) is 0. The zero-order chi connectivity index (χ0) is 16.1. The molecule has 0 saturated carbocycles. The van der Waals surface area contributed by atoms with Crippen molar-refractivity contribution in [2.24, 2.45) is 0 Å². The third kappa shape index (κ3) is 4.31. The lowest BCUT2D eigenvalue weighted by Gasteiger charge is -2.37. The number of carbonyl (C=O) groups excluding carboxylic acids is 2. The fourth-order valence-corrected chi connectivity index (χ4v) is 2.63. The highest BCUT2D eigenvalue weighted by molar-refractivity contribution is 5.81. The molecule has 0 bridgehead atoms. The van der Waals surface area contributed by atoms with Gasteiger partial charge in [-0.05, 0) is 19.4 Å². The first-order valence-electron chi connectivity index (χ1n) is 7.80. The Morgan fingerprint density at radius 3 is 2.27 bits per heavy atom. The Morgan fingerprint density at radius 2 is 1.73 bits per heavy atom. The van der Waals surface area contributed by atoms with Gasteiger partial charge in [-0.1, -0.05) is 29.8 Å². The Labute approximate surface area is 132 Å². The molecule has 0 aromatic heterocycles. The Bertz CT molecular complexity index is 519. The summed E-state index contributed by atoms with van der Waals surface area (Å²) in [5, 5.41) is 2.99. The highest BCUT2D eigenvalue weighted by atomic mass is 16.2. The fraction of sp³-hybridized carbons (Fsp3) is 0.529. The van der Waals surface area contributed by atoms with Crippen molar-refractivity contribution in [3.8, 4) is 0 Å². The summed E-state index contributed by atoms with van der Waals surface area (Å²) >= 11 is 0. The van der Waals surface area contributed by atoms with E-state index in [1.807, 2.05) is 43.0 Å². The van der Waals surface area contributed by atoms with Crippen LogP contribution < -0.4 is 5.32 Å². The normalized spacial score (nSPS) is 17.1. The number of carbonyl (C=O) groups is 2. The minimum absolute atomic E-state index is 0.0388. The van der Waals surface area contributed by atoms with E-state index >= 15 is 0 Å². The summed E-state index contributed by atoms with van der Waals surface area (Å²) in [6.45, 7) is 9.01. The number of nitrogens with zero attached hydrogens (tertiary/aromatic N) is 2. The zero-order valence-corrected chi connectivity index (χ0v) is 13.6. The minimum atomic E-state index is -0.167. The molecule has 0 spiro atoms. The number of aryl methyl sites for hydroxylation is 1. The molecule has 5 heteroatoms. The van der Waals surface area contributed by atoms with Gasteiger partial charge in [0.15, 0.2) is 0 Å². The van der Waals surface area contributed by atoms with Gasteiger partial charge in [0.25, 0.3) is 0 Å². The van der Waals surface area contributed by atoms with Crippen LogP contribution >= 0.6 is 0 Å². The van der Waals surface area contributed by atoms with Crippen LogP contribution in [0, 0.1) is 6.92 Å². The molecule has 1 fully saturated rings. The predicted octanol–water partition coefficient (Wildman–Crippen LogP) is 1.16. The number of amides is 2. The van der Waals surface area contributed by atoms with Crippen LogP contribution in [-0.4, -0.2) is 53.8 Å². The zero-order valence-electron chi connectivity index (χ0n) is 13.6. The van der Waals surface area contributed by atoms with Crippen LogP contribution in [0.1, 0.15) is 25.0 Å². The lowest BCUT2D eigenvalue weighted by Crippen LogP contribution is -2.54. The monoisotopic (exact) mass is 303 g/mol. The van der Waals surface area contributed by atoms with Crippen LogP contribution in [0.5, 0.6) is 0 Å². The van der Waals surface area contributed by atoms with Crippen LogP contribution in [0.3, 0.4) is 0 Å². The molecule has 1 atom stereocenters. The summed E-state index contributed by atoms with van der Waals surface area (Å²) < 4.78 is 0. The van der Waals surface area contributed by atoms with Crippen molar-refractivity contribution < 1.29 is 9.59 Å². The average molecular weight is 303 g/mol. The van der Waals surface area contributed by atoms with E-state index in [1.54, 1.807) is 6.92 Å². The summed E-state index contributed by atoms with van der Waals surface area (Å²) in [4.78, 5) is 27.5. The maximum atomic E-state index is 12.3. The number of hydrogen-bond acceptors (Lipinski definition) is 3. The molecule has 2 amide bonds. The third-order valence-electron chi connectivity index (χ3n) is 4.27. The van der Waals surface area contributed by atoms with E-state index in [9.17, 15) is 9.59 Å². The van der Waals surface area contributed by atoms with Crippen molar-refractivity contribution in [3.05, 3.63) is 35.4 Å². The molecule has 0 unspecified atom stereocenters. The first kappa shape index (κ1) is 16.5. The second-order valence-electron chi connectivity index (χ2n) is 5.92. The Balaban J connectivity index is 1.80. The lowest BCUT2D eigenvalue weighted by atomic mass is 10.1. The fourth-order valence-electron chi connectivity index (χ4n) is 2.63. The van der Waals surface area contributed by atoms with Crippen LogP contribution in [0.2, 0.25) is 0 Å². The van der Waals surface area contributed by atoms with Crippen molar-refractivity contribution in [1.82, 2.24) is 15.1 Å². The van der Waals surface area contributed by atoms with Crippen LogP contribution in [0.4, 0.5) is 0 Å². The molecule has 120 valence electrons. The second-order valence-corrected chi connectivity index (χ2v) is 5.92. The summed E-state index contributed by atoms with van der Waals surface area (Å²) in [6.07, 6.45) is 0. The molecule has 1 N–H and O–H groups in total. The van der Waals surface area contributed by atoms with Gasteiger partial charge < -0.3 is 10.2 Å². The van der Waals surface area contributed by atoms with Gasteiger partial charge in [-0.2, -0.15) is 0 Å². The van der Waals surface area contributed by atoms with Crippen molar-refractivity contribution >= 4 is 11.8 Å². The molecular weight excluding hydrogens is 278 g/mol. The van der Waals surface area contributed by atoms with Gasteiger partial charge in [-0.15, -0.1) is 0 Å². The second kappa shape index (κ2) is 7.40. The number of hydrogen-bond donors (Lipinski definition) is 1. The highest BCUT2D eigenvalue weighted by Crippen LogP contribution is 2.08. The van der Waals surface area contributed by atoms with E-state index < -0.39 is 0 Å². The molecule has 0 aliphatic carbocycles. The van der Waals surface area contributed by atoms with Gasteiger partial charge in [0.05, 0.1) is 6.04 Å². The Kier molecular flexibility index (Phi) is 5.55. The van der Waals surface area contributed by atoms with Crippen molar-refractivity contribution in [2.75, 3.05) is 26.2 Å². The van der Waals surface area contributed by atoms with Crippen LogP contribution in [-0.2, 0) is 16.1 Å². The largest absolute Gasteiger partial charge is 0.351 e. The van der Waals surface area contributed by atoms with Gasteiger partial charge in [0.1, 0.15) is 0 Å². The van der Waals surface area contributed by atoms with Crippen LogP contribution in [0.15, 0.2) is 24.3 Å². The Morgan fingerprint density at radius 1 is 1.14 bits per heavy atom. The maximum Gasteiger partial charge on any atom is 0.237 e. The van der Waals surface area contributed by atoms with E-state index in [1.165, 1.54) is 5.56 Å².